The molecule has 5 heteroatoms. The summed E-state index contributed by atoms with van der Waals surface area (Å²) >= 11 is 0. The lowest BCUT2D eigenvalue weighted by molar-refractivity contribution is 0.202. The quantitative estimate of drug-likeness (QED) is 0.802. The van der Waals surface area contributed by atoms with Crippen molar-refractivity contribution in [2.24, 2.45) is 5.73 Å². The van der Waals surface area contributed by atoms with Crippen LogP contribution in [0.25, 0.3) is 17.0 Å². The second kappa shape index (κ2) is 6.63. The van der Waals surface area contributed by atoms with Crippen molar-refractivity contribution < 1.29 is 4.42 Å². The van der Waals surface area contributed by atoms with E-state index in [0.717, 1.165) is 49.5 Å². The van der Waals surface area contributed by atoms with Crippen LogP contribution >= 0.6 is 0 Å². The molecule has 1 fully saturated rings. The minimum atomic E-state index is 0.367. The lowest BCUT2D eigenvalue weighted by Crippen LogP contribution is -2.39. The largest absolute Gasteiger partial charge is 0.444 e. The highest BCUT2D eigenvalue weighted by Gasteiger charge is 2.17. The van der Waals surface area contributed by atoms with Crippen molar-refractivity contribution >= 4 is 0 Å². The lowest BCUT2D eigenvalue weighted by Gasteiger charge is -2.30. The molecule has 5 nitrogen and oxygen atoms in total. The first-order valence-electron chi connectivity index (χ1n) is 8.43. The number of benzene rings is 1. The highest BCUT2D eigenvalue weighted by Crippen LogP contribution is 2.23. The summed E-state index contributed by atoms with van der Waals surface area (Å²) in [5, 5.41) is 0. The molecule has 1 saturated heterocycles. The maximum Gasteiger partial charge on any atom is 0.181 e. The van der Waals surface area contributed by atoms with Crippen LogP contribution in [-0.4, -0.2) is 33.6 Å². The van der Waals surface area contributed by atoms with E-state index < -0.39 is 0 Å². The number of aromatic nitrogens is 2. The summed E-state index contributed by atoms with van der Waals surface area (Å²) in [6.45, 7) is 3.10. The Labute approximate surface area is 141 Å². The molecule has 0 atom stereocenters. The second-order valence-corrected chi connectivity index (χ2v) is 6.40. The van der Waals surface area contributed by atoms with Crippen LogP contribution in [0.15, 0.2) is 59.6 Å². The zero-order valence-electron chi connectivity index (χ0n) is 13.6. The van der Waals surface area contributed by atoms with Crippen LogP contribution in [-0.2, 0) is 6.54 Å². The third-order valence-corrected chi connectivity index (χ3v) is 4.69. The molecule has 2 N–H and O–H groups in total. The molecule has 2 aromatic heterocycles. The van der Waals surface area contributed by atoms with Gasteiger partial charge in [-0.25, -0.2) is 4.98 Å². The number of hydrogen-bond donors (Lipinski definition) is 1. The monoisotopic (exact) mass is 322 g/mol. The summed E-state index contributed by atoms with van der Waals surface area (Å²) in [4.78, 5) is 6.48. The molecule has 0 spiro atoms. The average Bonchev–Trinajstić information content (AvgIpc) is 3.29. The summed E-state index contributed by atoms with van der Waals surface area (Å²) in [6.07, 6.45) is 7.49. The van der Waals surface area contributed by atoms with Gasteiger partial charge in [0.1, 0.15) is 0 Å². The van der Waals surface area contributed by atoms with Crippen molar-refractivity contribution in [1.29, 1.82) is 0 Å². The molecule has 124 valence electrons. The number of hydrogen-bond acceptors (Lipinski definition) is 4. The van der Waals surface area contributed by atoms with Crippen molar-refractivity contribution in [2.45, 2.75) is 25.4 Å². The van der Waals surface area contributed by atoms with E-state index in [1.807, 2.05) is 6.07 Å². The Kier molecular flexibility index (Phi) is 4.19. The van der Waals surface area contributed by atoms with Crippen LogP contribution in [0.2, 0.25) is 0 Å². The molecule has 0 radical (unpaired) electrons. The third kappa shape index (κ3) is 3.13. The van der Waals surface area contributed by atoms with Crippen LogP contribution in [0.3, 0.4) is 0 Å². The van der Waals surface area contributed by atoms with E-state index >= 15 is 0 Å². The molecule has 1 aliphatic heterocycles. The Morgan fingerprint density at radius 1 is 1.17 bits per heavy atom. The average molecular weight is 322 g/mol. The molecule has 3 heterocycles. The van der Waals surface area contributed by atoms with E-state index in [1.54, 1.807) is 6.20 Å². The molecular formula is C19H22N4O. The van der Waals surface area contributed by atoms with Crippen LogP contribution in [0.1, 0.15) is 18.5 Å². The van der Waals surface area contributed by atoms with E-state index in [9.17, 15) is 0 Å². The summed E-state index contributed by atoms with van der Waals surface area (Å²) < 4.78 is 7.66. The fourth-order valence-corrected chi connectivity index (χ4v) is 3.30. The van der Waals surface area contributed by atoms with Gasteiger partial charge in [0, 0.05) is 48.8 Å². The van der Waals surface area contributed by atoms with Gasteiger partial charge in [0.2, 0.25) is 0 Å². The maximum atomic E-state index is 6.01. The first-order chi connectivity index (χ1) is 11.8. The molecule has 4 rings (SSSR count). The highest BCUT2D eigenvalue weighted by molar-refractivity contribution is 5.60. The SMILES string of the molecule is NC1CCN(Cc2cccn2-c2cccc(-c3cnco3)c2)CC1. The molecule has 24 heavy (non-hydrogen) atoms. The normalized spacial score (nSPS) is 16.5. The van der Waals surface area contributed by atoms with E-state index in [2.05, 4.69) is 51.0 Å². The number of nitrogens with zero attached hydrogens (tertiary/aromatic N) is 3. The van der Waals surface area contributed by atoms with Crippen molar-refractivity contribution in [1.82, 2.24) is 14.5 Å². The van der Waals surface area contributed by atoms with Crippen LogP contribution in [0.4, 0.5) is 0 Å². The Morgan fingerprint density at radius 2 is 2.04 bits per heavy atom. The van der Waals surface area contributed by atoms with Crippen LogP contribution in [0.5, 0.6) is 0 Å². The summed E-state index contributed by atoms with van der Waals surface area (Å²) in [6, 6.07) is 13.0. The highest BCUT2D eigenvalue weighted by atomic mass is 16.3. The number of rotatable bonds is 4. The minimum Gasteiger partial charge on any atom is -0.444 e. The summed E-state index contributed by atoms with van der Waals surface area (Å²) in [7, 11) is 0. The van der Waals surface area contributed by atoms with Gasteiger partial charge in [-0.1, -0.05) is 12.1 Å². The Balaban J connectivity index is 1.57. The molecule has 1 aliphatic rings. The van der Waals surface area contributed by atoms with E-state index in [4.69, 9.17) is 10.2 Å². The third-order valence-electron chi connectivity index (χ3n) is 4.69. The molecule has 1 aromatic carbocycles. The van der Waals surface area contributed by atoms with E-state index in [0.29, 0.717) is 6.04 Å². The van der Waals surface area contributed by atoms with Gasteiger partial charge >= 0.3 is 0 Å². The number of piperidine rings is 1. The molecule has 0 saturated carbocycles. The minimum absolute atomic E-state index is 0.367. The van der Waals surface area contributed by atoms with Gasteiger partial charge in [0.05, 0.1) is 6.20 Å². The zero-order chi connectivity index (χ0) is 16.4. The Bertz CT molecular complexity index is 785. The van der Waals surface area contributed by atoms with Gasteiger partial charge in [-0.2, -0.15) is 0 Å². The second-order valence-electron chi connectivity index (χ2n) is 6.40. The number of nitrogens with two attached hydrogens (primary N) is 1. The standard InChI is InChI=1S/C19H22N4O/c20-16-6-9-22(10-7-16)13-18-5-2-8-23(18)17-4-1-3-15(11-17)19-12-21-14-24-19/h1-5,8,11-12,14,16H,6-7,9-10,13,20H2. The van der Waals surface area contributed by atoms with E-state index in [-0.39, 0.29) is 0 Å². The Hall–Kier alpha value is -2.37. The number of likely N-dealkylation sites (tertiary alicyclic amines) is 1. The van der Waals surface area contributed by atoms with Gasteiger partial charge in [0.25, 0.3) is 0 Å². The summed E-state index contributed by atoms with van der Waals surface area (Å²) in [5.41, 5.74) is 9.47. The maximum absolute atomic E-state index is 6.01. The van der Waals surface area contributed by atoms with Gasteiger partial charge in [-0.05, 0) is 37.1 Å². The lowest BCUT2D eigenvalue weighted by atomic mass is 10.1. The van der Waals surface area contributed by atoms with E-state index in [1.165, 1.54) is 12.1 Å². The predicted octanol–water partition coefficient (Wildman–Crippen LogP) is 3.06. The number of oxazole rings is 1. The van der Waals surface area contributed by atoms with Gasteiger partial charge in [0.15, 0.2) is 12.2 Å². The summed E-state index contributed by atoms with van der Waals surface area (Å²) in [5.74, 6) is 0.788. The Morgan fingerprint density at radius 3 is 2.83 bits per heavy atom. The molecule has 0 amide bonds. The smallest absolute Gasteiger partial charge is 0.181 e. The van der Waals surface area contributed by atoms with Crippen LogP contribution in [0, 0.1) is 0 Å². The van der Waals surface area contributed by atoms with Gasteiger partial charge in [-0.3, -0.25) is 4.90 Å². The molecule has 0 aliphatic carbocycles. The first kappa shape index (κ1) is 15.2. The molecule has 0 bridgehead atoms. The van der Waals surface area contributed by atoms with Crippen molar-refractivity contribution in [2.75, 3.05) is 13.1 Å². The van der Waals surface area contributed by atoms with Crippen LogP contribution < -0.4 is 5.73 Å². The van der Waals surface area contributed by atoms with Crippen molar-refractivity contribution in [3.8, 4) is 17.0 Å². The fraction of sp³-hybridized carbons (Fsp3) is 0.316. The molecular weight excluding hydrogens is 300 g/mol. The van der Waals surface area contributed by atoms with Crippen molar-refractivity contribution in [3.63, 3.8) is 0 Å². The first-order valence-corrected chi connectivity index (χ1v) is 8.43. The fourth-order valence-electron chi connectivity index (χ4n) is 3.30. The molecule has 3 aromatic rings. The van der Waals surface area contributed by atoms with Gasteiger partial charge in [-0.15, -0.1) is 0 Å². The van der Waals surface area contributed by atoms with Gasteiger partial charge < -0.3 is 14.7 Å². The topological polar surface area (TPSA) is 60.2 Å². The predicted molar refractivity (Wildman–Crippen MR) is 93.8 cm³/mol. The molecule has 0 unspecified atom stereocenters. The van der Waals surface area contributed by atoms with Crippen molar-refractivity contribution in [3.05, 3.63) is 60.9 Å². The zero-order valence-corrected chi connectivity index (χ0v) is 13.6.